The summed E-state index contributed by atoms with van der Waals surface area (Å²) in [6.45, 7) is 1.78. The third kappa shape index (κ3) is 2.97. The van der Waals surface area contributed by atoms with Crippen molar-refractivity contribution in [2.45, 2.75) is 6.92 Å². The SMILES string of the molecule is Cc1ccc(F)c(NC(=O)c2ccc(C(=O)O)nc2)c1. The van der Waals surface area contributed by atoms with Gasteiger partial charge in [-0.2, -0.15) is 0 Å². The fraction of sp³-hybridized carbons (Fsp3) is 0.0714. The first-order valence-electron chi connectivity index (χ1n) is 5.74. The highest BCUT2D eigenvalue weighted by Crippen LogP contribution is 2.16. The van der Waals surface area contributed by atoms with Crippen molar-refractivity contribution in [2.75, 3.05) is 5.32 Å². The molecule has 0 fully saturated rings. The van der Waals surface area contributed by atoms with Gasteiger partial charge in [0.25, 0.3) is 5.91 Å². The van der Waals surface area contributed by atoms with Crippen molar-refractivity contribution in [1.82, 2.24) is 4.98 Å². The number of carbonyl (C=O) groups is 2. The normalized spacial score (nSPS) is 10.1. The summed E-state index contributed by atoms with van der Waals surface area (Å²) in [7, 11) is 0. The van der Waals surface area contributed by atoms with Crippen molar-refractivity contribution in [3.8, 4) is 0 Å². The van der Waals surface area contributed by atoms with Gasteiger partial charge in [-0.1, -0.05) is 6.07 Å². The number of aromatic carboxylic acids is 1. The number of hydrogen-bond acceptors (Lipinski definition) is 3. The molecule has 2 N–H and O–H groups in total. The summed E-state index contributed by atoms with van der Waals surface area (Å²) in [5.41, 5.74) is 0.859. The molecule has 0 saturated heterocycles. The molecular formula is C14H11FN2O3. The van der Waals surface area contributed by atoms with E-state index in [1.165, 1.54) is 24.3 Å². The number of carboxylic acids is 1. The maximum absolute atomic E-state index is 13.5. The van der Waals surface area contributed by atoms with E-state index >= 15 is 0 Å². The largest absolute Gasteiger partial charge is 0.477 e. The zero-order valence-corrected chi connectivity index (χ0v) is 10.6. The van der Waals surface area contributed by atoms with Gasteiger partial charge in [-0.05, 0) is 36.8 Å². The van der Waals surface area contributed by atoms with Crippen LogP contribution in [0.25, 0.3) is 0 Å². The third-order valence-corrected chi connectivity index (χ3v) is 2.61. The molecule has 0 unspecified atom stereocenters. The van der Waals surface area contributed by atoms with Gasteiger partial charge in [-0.25, -0.2) is 14.2 Å². The lowest BCUT2D eigenvalue weighted by molar-refractivity contribution is 0.0690. The van der Waals surface area contributed by atoms with Crippen molar-refractivity contribution < 1.29 is 19.1 Å². The number of pyridine rings is 1. The van der Waals surface area contributed by atoms with Crippen molar-refractivity contribution >= 4 is 17.6 Å². The molecule has 0 aliphatic heterocycles. The Bertz CT molecular complexity index is 669. The number of carbonyl (C=O) groups excluding carboxylic acids is 1. The van der Waals surface area contributed by atoms with E-state index in [0.29, 0.717) is 0 Å². The van der Waals surface area contributed by atoms with Crippen molar-refractivity contribution in [2.24, 2.45) is 0 Å². The summed E-state index contributed by atoms with van der Waals surface area (Å²) in [5, 5.41) is 11.1. The second-order valence-electron chi connectivity index (χ2n) is 4.17. The molecule has 1 amide bonds. The van der Waals surface area contributed by atoms with E-state index in [4.69, 9.17) is 5.11 Å². The van der Waals surface area contributed by atoms with Crippen LogP contribution in [0, 0.1) is 12.7 Å². The molecule has 0 radical (unpaired) electrons. The molecule has 5 nitrogen and oxygen atoms in total. The number of rotatable bonds is 3. The first-order valence-corrected chi connectivity index (χ1v) is 5.74. The quantitative estimate of drug-likeness (QED) is 0.901. The lowest BCUT2D eigenvalue weighted by Gasteiger charge is -2.07. The average Bonchev–Trinajstić information content (AvgIpc) is 2.43. The van der Waals surface area contributed by atoms with Gasteiger partial charge in [0.15, 0.2) is 0 Å². The molecule has 2 rings (SSSR count). The molecule has 6 heteroatoms. The first kappa shape index (κ1) is 13.7. The maximum Gasteiger partial charge on any atom is 0.354 e. The van der Waals surface area contributed by atoms with E-state index in [1.807, 2.05) is 0 Å². The Labute approximate surface area is 114 Å². The third-order valence-electron chi connectivity index (χ3n) is 2.61. The highest BCUT2D eigenvalue weighted by Gasteiger charge is 2.11. The Hall–Kier alpha value is -2.76. The van der Waals surface area contributed by atoms with Gasteiger partial charge in [0.1, 0.15) is 11.5 Å². The topological polar surface area (TPSA) is 79.3 Å². The molecule has 1 aromatic heterocycles. The van der Waals surface area contributed by atoms with E-state index in [9.17, 15) is 14.0 Å². The lowest BCUT2D eigenvalue weighted by atomic mass is 10.2. The van der Waals surface area contributed by atoms with Gasteiger partial charge in [0, 0.05) is 6.20 Å². The van der Waals surface area contributed by atoms with Gasteiger partial charge in [0.05, 0.1) is 11.3 Å². The standard InChI is InChI=1S/C14H11FN2O3/c1-8-2-4-10(15)12(6-8)17-13(18)9-3-5-11(14(19)20)16-7-9/h2-7H,1H3,(H,17,18)(H,19,20). The van der Waals surface area contributed by atoms with Crippen LogP contribution in [-0.4, -0.2) is 22.0 Å². The molecule has 2 aromatic rings. The van der Waals surface area contributed by atoms with Crippen molar-refractivity contribution in [3.05, 3.63) is 59.2 Å². The van der Waals surface area contributed by atoms with Gasteiger partial charge < -0.3 is 10.4 Å². The predicted molar refractivity (Wildman–Crippen MR) is 70.3 cm³/mol. The van der Waals surface area contributed by atoms with E-state index < -0.39 is 17.7 Å². The molecule has 0 bridgehead atoms. The molecule has 0 saturated carbocycles. The molecule has 1 aromatic carbocycles. The second kappa shape index (κ2) is 5.48. The number of nitrogens with zero attached hydrogens (tertiary/aromatic N) is 1. The lowest BCUT2D eigenvalue weighted by Crippen LogP contribution is -2.14. The van der Waals surface area contributed by atoms with Crippen LogP contribution < -0.4 is 5.32 Å². The zero-order chi connectivity index (χ0) is 14.7. The molecule has 0 atom stereocenters. The first-order chi connectivity index (χ1) is 9.47. The van der Waals surface area contributed by atoms with Gasteiger partial charge in [-0.3, -0.25) is 4.79 Å². The zero-order valence-electron chi connectivity index (χ0n) is 10.6. The van der Waals surface area contributed by atoms with Crippen LogP contribution in [0.4, 0.5) is 10.1 Å². The van der Waals surface area contributed by atoms with Crippen LogP contribution in [0.5, 0.6) is 0 Å². The highest BCUT2D eigenvalue weighted by molar-refractivity contribution is 6.04. The maximum atomic E-state index is 13.5. The fourth-order valence-corrected chi connectivity index (χ4v) is 1.58. The molecule has 20 heavy (non-hydrogen) atoms. The molecule has 0 aliphatic rings. The van der Waals surface area contributed by atoms with Crippen LogP contribution in [0.15, 0.2) is 36.5 Å². The van der Waals surface area contributed by atoms with Crippen LogP contribution in [0.3, 0.4) is 0 Å². The summed E-state index contributed by atoms with van der Waals surface area (Å²) in [5.74, 6) is -2.28. The van der Waals surface area contributed by atoms with Gasteiger partial charge in [0.2, 0.25) is 0 Å². The Morgan fingerprint density at radius 2 is 2.00 bits per heavy atom. The molecule has 102 valence electrons. The minimum absolute atomic E-state index is 0.0670. The smallest absolute Gasteiger partial charge is 0.354 e. The summed E-state index contributed by atoms with van der Waals surface area (Å²) < 4.78 is 13.5. The fourth-order valence-electron chi connectivity index (χ4n) is 1.58. The number of halogens is 1. The Morgan fingerprint density at radius 1 is 1.25 bits per heavy atom. The number of hydrogen-bond donors (Lipinski definition) is 2. The van der Waals surface area contributed by atoms with Crippen LogP contribution in [0.1, 0.15) is 26.4 Å². The summed E-state index contributed by atoms with van der Waals surface area (Å²) >= 11 is 0. The van der Waals surface area contributed by atoms with Crippen LogP contribution in [0.2, 0.25) is 0 Å². The van der Waals surface area contributed by atoms with Crippen molar-refractivity contribution in [1.29, 1.82) is 0 Å². The van der Waals surface area contributed by atoms with Crippen LogP contribution >= 0.6 is 0 Å². The van der Waals surface area contributed by atoms with E-state index in [2.05, 4.69) is 10.3 Å². The molecule has 0 spiro atoms. The minimum atomic E-state index is -1.18. The summed E-state index contributed by atoms with van der Waals surface area (Å²) in [4.78, 5) is 26.2. The van der Waals surface area contributed by atoms with E-state index in [-0.39, 0.29) is 16.9 Å². The Morgan fingerprint density at radius 3 is 2.60 bits per heavy atom. The molecule has 1 heterocycles. The number of aromatic nitrogens is 1. The number of benzene rings is 1. The predicted octanol–water partition coefficient (Wildman–Crippen LogP) is 2.48. The second-order valence-corrected chi connectivity index (χ2v) is 4.17. The van der Waals surface area contributed by atoms with Crippen LogP contribution in [-0.2, 0) is 0 Å². The van der Waals surface area contributed by atoms with Crippen molar-refractivity contribution in [3.63, 3.8) is 0 Å². The number of nitrogens with one attached hydrogen (secondary N) is 1. The van der Waals surface area contributed by atoms with E-state index in [1.54, 1.807) is 13.0 Å². The Balaban J connectivity index is 2.19. The van der Waals surface area contributed by atoms with Gasteiger partial charge >= 0.3 is 5.97 Å². The number of anilines is 1. The Kier molecular flexibility index (Phi) is 3.74. The minimum Gasteiger partial charge on any atom is -0.477 e. The van der Waals surface area contributed by atoms with Gasteiger partial charge in [-0.15, -0.1) is 0 Å². The number of amides is 1. The number of aryl methyl sites for hydroxylation is 1. The monoisotopic (exact) mass is 274 g/mol. The summed E-state index contributed by atoms with van der Waals surface area (Å²) in [6, 6.07) is 6.89. The number of carboxylic acid groups (broad SMARTS) is 1. The molecule has 0 aliphatic carbocycles. The molecular weight excluding hydrogens is 263 g/mol. The highest BCUT2D eigenvalue weighted by atomic mass is 19.1. The van der Waals surface area contributed by atoms with E-state index in [0.717, 1.165) is 11.8 Å². The summed E-state index contributed by atoms with van der Waals surface area (Å²) in [6.07, 6.45) is 1.13. The average molecular weight is 274 g/mol.